The Morgan fingerprint density at radius 3 is 2.67 bits per heavy atom. The number of nitrogens with zero attached hydrogens (tertiary/aromatic N) is 1. The van der Waals surface area contributed by atoms with Gasteiger partial charge in [-0.05, 0) is 49.3 Å². The van der Waals surface area contributed by atoms with Crippen molar-refractivity contribution in [3.8, 4) is 5.75 Å². The second-order valence-electron chi connectivity index (χ2n) is 6.78. The largest absolute Gasteiger partial charge is 0.495 e. The van der Waals surface area contributed by atoms with Crippen LogP contribution in [0.25, 0.3) is 0 Å². The highest BCUT2D eigenvalue weighted by Crippen LogP contribution is 2.26. The van der Waals surface area contributed by atoms with Gasteiger partial charge in [-0.1, -0.05) is 18.2 Å². The number of para-hydroxylation sites is 2. The SMILES string of the molecule is COc1ccccc1NC(=O)C1CCN(C(=O)CCCc2cccs2)CC1. The molecule has 1 saturated heterocycles. The lowest BCUT2D eigenvalue weighted by atomic mass is 9.95. The van der Waals surface area contributed by atoms with Gasteiger partial charge in [-0.25, -0.2) is 0 Å². The molecular formula is C21H26N2O3S. The minimum absolute atomic E-state index is 0.00398. The minimum Gasteiger partial charge on any atom is -0.495 e. The lowest BCUT2D eigenvalue weighted by Gasteiger charge is -2.31. The minimum atomic E-state index is -0.0647. The van der Waals surface area contributed by atoms with Gasteiger partial charge in [0.05, 0.1) is 12.8 Å². The number of rotatable bonds is 7. The summed E-state index contributed by atoms with van der Waals surface area (Å²) in [6.07, 6.45) is 3.83. The Morgan fingerprint density at radius 2 is 1.96 bits per heavy atom. The van der Waals surface area contributed by atoms with Crippen LogP contribution in [0, 0.1) is 5.92 Å². The van der Waals surface area contributed by atoms with E-state index in [0.29, 0.717) is 43.8 Å². The van der Waals surface area contributed by atoms with Gasteiger partial charge in [0, 0.05) is 30.3 Å². The molecule has 144 valence electrons. The highest BCUT2D eigenvalue weighted by Gasteiger charge is 2.27. The number of hydrogen-bond acceptors (Lipinski definition) is 4. The third-order valence-corrected chi connectivity index (χ3v) is 5.91. The average Bonchev–Trinajstić information content (AvgIpc) is 3.22. The van der Waals surface area contributed by atoms with Crippen LogP contribution in [0.15, 0.2) is 41.8 Å². The molecule has 1 N–H and O–H groups in total. The van der Waals surface area contributed by atoms with Gasteiger partial charge in [-0.3, -0.25) is 9.59 Å². The first-order valence-corrected chi connectivity index (χ1v) is 10.3. The number of likely N-dealkylation sites (tertiary alicyclic amines) is 1. The molecule has 0 saturated carbocycles. The van der Waals surface area contributed by atoms with E-state index < -0.39 is 0 Å². The number of benzene rings is 1. The van der Waals surface area contributed by atoms with Gasteiger partial charge in [0.1, 0.15) is 5.75 Å². The molecule has 0 unspecified atom stereocenters. The lowest BCUT2D eigenvalue weighted by Crippen LogP contribution is -2.41. The molecule has 1 aromatic heterocycles. The van der Waals surface area contributed by atoms with E-state index in [1.807, 2.05) is 35.2 Å². The van der Waals surface area contributed by atoms with Crippen LogP contribution in [0.2, 0.25) is 0 Å². The average molecular weight is 387 g/mol. The maximum Gasteiger partial charge on any atom is 0.227 e. The number of methoxy groups -OCH3 is 1. The van der Waals surface area contributed by atoms with Crippen molar-refractivity contribution in [1.29, 1.82) is 0 Å². The van der Waals surface area contributed by atoms with Gasteiger partial charge in [0.15, 0.2) is 0 Å². The van der Waals surface area contributed by atoms with E-state index >= 15 is 0 Å². The summed E-state index contributed by atoms with van der Waals surface area (Å²) in [7, 11) is 1.59. The van der Waals surface area contributed by atoms with Crippen molar-refractivity contribution in [1.82, 2.24) is 4.90 Å². The van der Waals surface area contributed by atoms with Crippen LogP contribution in [0.3, 0.4) is 0 Å². The molecule has 27 heavy (non-hydrogen) atoms. The Kier molecular flexibility index (Phi) is 6.87. The molecule has 5 nitrogen and oxygen atoms in total. The normalized spacial score (nSPS) is 14.8. The van der Waals surface area contributed by atoms with Gasteiger partial charge in [-0.2, -0.15) is 0 Å². The standard InChI is InChI=1S/C21H26N2O3S/c1-26-19-9-3-2-8-18(19)22-21(25)16-11-13-23(14-12-16)20(24)10-4-6-17-7-5-15-27-17/h2-3,5,7-9,15-16H,4,6,10-14H2,1H3,(H,22,25). The molecule has 0 spiro atoms. The topological polar surface area (TPSA) is 58.6 Å². The van der Waals surface area contributed by atoms with Crippen LogP contribution in [-0.4, -0.2) is 36.9 Å². The van der Waals surface area contributed by atoms with E-state index in [1.165, 1.54) is 4.88 Å². The van der Waals surface area contributed by atoms with E-state index in [1.54, 1.807) is 18.4 Å². The molecule has 0 bridgehead atoms. The van der Waals surface area contributed by atoms with Crippen molar-refractivity contribution in [3.05, 3.63) is 46.7 Å². The van der Waals surface area contributed by atoms with Gasteiger partial charge in [0.2, 0.25) is 11.8 Å². The number of carbonyl (C=O) groups is 2. The number of carbonyl (C=O) groups excluding carboxylic acids is 2. The summed E-state index contributed by atoms with van der Waals surface area (Å²) in [6, 6.07) is 11.6. The van der Waals surface area contributed by atoms with Gasteiger partial charge in [0.25, 0.3) is 0 Å². The van der Waals surface area contributed by atoms with Crippen molar-refractivity contribution in [2.75, 3.05) is 25.5 Å². The predicted octanol–water partition coefficient (Wildman–Crippen LogP) is 3.96. The van der Waals surface area contributed by atoms with E-state index in [0.717, 1.165) is 12.8 Å². The predicted molar refractivity (Wildman–Crippen MR) is 108 cm³/mol. The zero-order chi connectivity index (χ0) is 19.1. The zero-order valence-electron chi connectivity index (χ0n) is 15.6. The fraction of sp³-hybridized carbons (Fsp3) is 0.429. The Bertz CT molecular complexity index is 753. The molecule has 0 atom stereocenters. The first kappa shape index (κ1) is 19.4. The van der Waals surface area contributed by atoms with Crippen molar-refractivity contribution < 1.29 is 14.3 Å². The molecule has 0 radical (unpaired) electrons. The zero-order valence-corrected chi connectivity index (χ0v) is 16.5. The molecule has 2 heterocycles. The summed E-state index contributed by atoms with van der Waals surface area (Å²) in [5.41, 5.74) is 0.692. The van der Waals surface area contributed by atoms with Crippen LogP contribution in [0.4, 0.5) is 5.69 Å². The van der Waals surface area contributed by atoms with Crippen LogP contribution in [-0.2, 0) is 16.0 Å². The fourth-order valence-electron chi connectivity index (χ4n) is 3.40. The molecule has 2 amide bonds. The second kappa shape index (κ2) is 9.55. The monoisotopic (exact) mass is 386 g/mol. The van der Waals surface area contributed by atoms with E-state index in [4.69, 9.17) is 4.74 Å². The first-order chi connectivity index (χ1) is 13.2. The van der Waals surface area contributed by atoms with E-state index in [-0.39, 0.29) is 17.7 Å². The number of hydrogen-bond donors (Lipinski definition) is 1. The maximum atomic E-state index is 12.5. The smallest absolute Gasteiger partial charge is 0.227 e. The maximum absolute atomic E-state index is 12.5. The van der Waals surface area contributed by atoms with Crippen LogP contribution in [0.5, 0.6) is 5.75 Å². The Labute approximate surface area is 164 Å². The molecule has 6 heteroatoms. The summed E-state index contributed by atoms with van der Waals surface area (Å²) in [6.45, 7) is 1.31. The Balaban J connectivity index is 1.42. The summed E-state index contributed by atoms with van der Waals surface area (Å²) < 4.78 is 5.28. The third kappa shape index (κ3) is 5.32. The molecule has 0 aliphatic carbocycles. The van der Waals surface area contributed by atoms with Gasteiger partial charge in [-0.15, -0.1) is 11.3 Å². The number of amides is 2. The lowest BCUT2D eigenvalue weighted by molar-refractivity contribution is -0.134. The van der Waals surface area contributed by atoms with Crippen LogP contribution in [0.1, 0.15) is 30.6 Å². The van der Waals surface area contributed by atoms with E-state index in [2.05, 4.69) is 16.8 Å². The Hall–Kier alpha value is -2.34. The van der Waals surface area contributed by atoms with Crippen LogP contribution >= 0.6 is 11.3 Å². The van der Waals surface area contributed by atoms with Crippen molar-refractivity contribution in [2.45, 2.75) is 32.1 Å². The van der Waals surface area contributed by atoms with Gasteiger partial charge >= 0.3 is 0 Å². The molecule has 1 aliphatic heterocycles. The molecule has 2 aromatic rings. The first-order valence-electron chi connectivity index (χ1n) is 9.41. The summed E-state index contributed by atoms with van der Waals surface area (Å²) in [5, 5.41) is 5.03. The Morgan fingerprint density at radius 1 is 1.19 bits per heavy atom. The number of aryl methyl sites for hydroxylation is 1. The summed E-state index contributed by atoms with van der Waals surface area (Å²) in [5.74, 6) is 0.800. The van der Waals surface area contributed by atoms with Crippen LogP contribution < -0.4 is 10.1 Å². The molecule has 1 fully saturated rings. The summed E-state index contributed by atoms with van der Waals surface area (Å²) >= 11 is 1.74. The highest BCUT2D eigenvalue weighted by molar-refractivity contribution is 7.09. The molecule has 1 aromatic carbocycles. The number of anilines is 1. The van der Waals surface area contributed by atoms with Crippen molar-refractivity contribution in [2.24, 2.45) is 5.92 Å². The molecule has 1 aliphatic rings. The summed E-state index contributed by atoms with van der Waals surface area (Å²) in [4.78, 5) is 28.2. The van der Waals surface area contributed by atoms with E-state index in [9.17, 15) is 9.59 Å². The second-order valence-corrected chi connectivity index (χ2v) is 7.81. The fourth-order valence-corrected chi connectivity index (χ4v) is 4.15. The third-order valence-electron chi connectivity index (χ3n) is 4.98. The van der Waals surface area contributed by atoms with Crippen molar-refractivity contribution >= 4 is 28.8 Å². The number of ether oxygens (including phenoxy) is 1. The number of nitrogens with one attached hydrogen (secondary N) is 1. The highest BCUT2D eigenvalue weighted by atomic mass is 32.1. The molecular weight excluding hydrogens is 360 g/mol. The van der Waals surface area contributed by atoms with Crippen molar-refractivity contribution in [3.63, 3.8) is 0 Å². The molecule has 3 rings (SSSR count). The number of piperidine rings is 1. The quantitative estimate of drug-likeness (QED) is 0.784. The number of thiophene rings is 1. The van der Waals surface area contributed by atoms with Gasteiger partial charge < -0.3 is 15.0 Å².